The molecule has 1 aliphatic carbocycles. The molecule has 0 amide bonds. The van der Waals surface area contributed by atoms with E-state index in [-0.39, 0.29) is 17.5 Å². The smallest absolute Gasteiger partial charge is 0.148 e. The van der Waals surface area contributed by atoms with Crippen LogP contribution in [0.3, 0.4) is 0 Å². The molecule has 1 aromatic rings. The van der Waals surface area contributed by atoms with Crippen LogP contribution in [-0.2, 0) is 9.59 Å². The molecule has 0 heterocycles. The number of Topliss-reactive ketones (excluding diaryl/α,β-unsaturated/α-hetero) is 2. The zero-order valence-corrected chi connectivity index (χ0v) is 11.9. The maximum absolute atomic E-state index is 11.8. The van der Waals surface area contributed by atoms with E-state index >= 15 is 0 Å². The third-order valence-corrected chi connectivity index (χ3v) is 3.98. The molecule has 0 bridgehead atoms. The molecule has 0 spiro atoms. The van der Waals surface area contributed by atoms with Crippen molar-refractivity contribution in [3.8, 4) is 0 Å². The molecule has 1 aliphatic rings. The second-order valence-electron chi connectivity index (χ2n) is 4.90. The van der Waals surface area contributed by atoms with Crippen LogP contribution in [0, 0.1) is 11.8 Å². The summed E-state index contributed by atoms with van der Waals surface area (Å²) in [5.74, 6) is -0.483. The van der Waals surface area contributed by atoms with E-state index in [1.807, 2.05) is 37.4 Å². The van der Waals surface area contributed by atoms with Gasteiger partial charge in [-0.2, -0.15) is 0 Å². The maximum Gasteiger partial charge on any atom is 0.148 e. The summed E-state index contributed by atoms with van der Waals surface area (Å²) in [4.78, 5) is 29.1. The molecular formula is C15H17NO2S. The van der Waals surface area contributed by atoms with Crippen molar-refractivity contribution in [3.63, 3.8) is 0 Å². The molecule has 0 aromatic heterocycles. The Bertz CT molecular complexity index is 489. The molecule has 0 atom stereocenters. The number of aliphatic imine (C=N–C) groups is 1. The van der Waals surface area contributed by atoms with Crippen LogP contribution >= 0.6 is 11.8 Å². The van der Waals surface area contributed by atoms with Gasteiger partial charge in [-0.05, 0) is 36.4 Å². The minimum absolute atomic E-state index is 0.00626. The van der Waals surface area contributed by atoms with E-state index in [1.54, 1.807) is 11.8 Å². The van der Waals surface area contributed by atoms with Crippen molar-refractivity contribution in [1.82, 2.24) is 0 Å². The average molecular weight is 275 g/mol. The van der Waals surface area contributed by atoms with Crippen molar-refractivity contribution < 1.29 is 9.59 Å². The Morgan fingerprint density at radius 1 is 1.16 bits per heavy atom. The molecule has 0 radical (unpaired) electrons. The predicted molar refractivity (Wildman–Crippen MR) is 78.3 cm³/mol. The fourth-order valence-corrected chi connectivity index (χ4v) is 2.60. The molecule has 2 rings (SSSR count). The van der Waals surface area contributed by atoms with Gasteiger partial charge in [0.05, 0.1) is 5.69 Å². The Hall–Kier alpha value is -1.42. The van der Waals surface area contributed by atoms with E-state index in [1.165, 1.54) is 6.21 Å². The zero-order valence-electron chi connectivity index (χ0n) is 11.1. The summed E-state index contributed by atoms with van der Waals surface area (Å²) in [7, 11) is 0. The summed E-state index contributed by atoms with van der Waals surface area (Å²) in [5, 5.41) is 0. The average Bonchev–Trinajstić information content (AvgIpc) is 2.38. The zero-order chi connectivity index (χ0) is 13.8. The van der Waals surface area contributed by atoms with E-state index in [0.717, 1.165) is 10.6 Å². The normalized spacial score (nSPS) is 24.1. The van der Waals surface area contributed by atoms with Crippen LogP contribution in [0.25, 0.3) is 0 Å². The number of hydrogen-bond acceptors (Lipinski definition) is 4. The monoisotopic (exact) mass is 275 g/mol. The lowest BCUT2D eigenvalue weighted by atomic mass is 9.81. The van der Waals surface area contributed by atoms with Crippen molar-refractivity contribution >= 4 is 35.2 Å². The highest BCUT2D eigenvalue weighted by Gasteiger charge is 2.32. The summed E-state index contributed by atoms with van der Waals surface area (Å²) in [5.41, 5.74) is 0.775. The third-order valence-electron chi connectivity index (χ3n) is 3.24. The van der Waals surface area contributed by atoms with Crippen molar-refractivity contribution in [1.29, 1.82) is 0 Å². The van der Waals surface area contributed by atoms with E-state index in [9.17, 15) is 9.59 Å². The van der Waals surface area contributed by atoms with Crippen LogP contribution in [-0.4, -0.2) is 24.0 Å². The van der Waals surface area contributed by atoms with Gasteiger partial charge in [0.1, 0.15) is 17.5 Å². The van der Waals surface area contributed by atoms with Crippen LogP contribution < -0.4 is 0 Å². The Morgan fingerprint density at radius 3 is 2.26 bits per heavy atom. The van der Waals surface area contributed by atoms with Gasteiger partial charge in [-0.15, -0.1) is 11.8 Å². The topological polar surface area (TPSA) is 46.5 Å². The largest absolute Gasteiger partial charge is 0.298 e. The summed E-state index contributed by atoms with van der Waals surface area (Å²) in [6.07, 6.45) is 4.48. The Labute approximate surface area is 117 Å². The van der Waals surface area contributed by atoms with Gasteiger partial charge in [0, 0.05) is 24.0 Å². The van der Waals surface area contributed by atoms with E-state index in [4.69, 9.17) is 0 Å². The van der Waals surface area contributed by atoms with Gasteiger partial charge >= 0.3 is 0 Å². The lowest BCUT2D eigenvalue weighted by Gasteiger charge is -2.20. The quantitative estimate of drug-likeness (QED) is 0.483. The lowest BCUT2D eigenvalue weighted by Crippen LogP contribution is -2.33. The molecule has 0 unspecified atom stereocenters. The molecule has 0 saturated heterocycles. The second kappa shape index (κ2) is 6.15. The number of benzene rings is 1. The van der Waals surface area contributed by atoms with Crippen LogP contribution in [0.5, 0.6) is 0 Å². The van der Waals surface area contributed by atoms with Crippen molar-refractivity contribution in [3.05, 3.63) is 24.3 Å². The first-order valence-electron chi connectivity index (χ1n) is 6.34. The summed E-state index contributed by atoms with van der Waals surface area (Å²) in [6, 6.07) is 7.74. The highest BCUT2D eigenvalue weighted by molar-refractivity contribution is 7.98. The SMILES string of the molecule is CSc1ccc(N=CC2C(=O)CC(C)CC2=O)cc1. The first-order chi connectivity index (χ1) is 9.10. The van der Waals surface area contributed by atoms with Crippen LogP contribution in [0.1, 0.15) is 19.8 Å². The number of thioether (sulfide) groups is 1. The fraction of sp³-hybridized carbons (Fsp3) is 0.400. The number of carbonyl (C=O) groups is 2. The molecule has 0 aliphatic heterocycles. The molecule has 1 aromatic carbocycles. The maximum atomic E-state index is 11.8. The number of rotatable bonds is 3. The Kier molecular flexibility index (Phi) is 4.53. The van der Waals surface area contributed by atoms with E-state index in [0.29, 0.717) is 12.8 Å². The number of ketones is 2. The number of hydrogen-bond donors (Lipinski definition) is 0. The fourth-order valence-electron chi connectivity index (χ4n) is 2.19. The van der Waals surface area contributed by atoms with Crippen molar-refractivity contribution in [2.75, 3.05) is 6.26 Å². The van der Waals surface area contributed by atoms with Crippen LogP contribution in [0.2, 0.25) is 0 Å². The van der Waals surface area contributed by atoms with Crippen LogP contribution in [0.15, 0.2) is 34.2 Å². The van der Waals surface area contributed by atoms with Gasteiger partial charge in [0.15, 0.2) is 0 Å². The molecule has 100 valence electrons. The first-order valence-corrected chi connectivity index (χ1v) is 7.56. The van der Waals surface area contributed by atoms with Crippen molar-refractivity contribution in [2.24, 2.45) is 16.8 Å². The van der Waals surface area contributed by atoms with Gasteiger partial charge in [0.2, 0.25) is 0 Å². The molecule has 19 heavy (non-hydrogen) atoms. The van der Waals surface area contributed by atoms with E-state index in [2.05, 4.69) is 4.99 Å². The molecular weight excluding hydrogens is 258 g/mol. The first kappa shape index (κ1) is 14.0. The number of carbonyl (C=O) groups excluding carboxylic acids is 2. The molecule has 1 fully saturated rings. The Morgan fingerprint density at radius 2 is 1.74 bits per heavy atom. The summed E-state index contributed by atoms with van der Waals surface area (Å²) >= 11 is 1.66. The molecule has 4 heteroatoms. The van der Waals surface area contributed by atoms with Gasteiger partial charge in [-0.25, -0.2) is 0 Å². The Balaban J connectivity index is 2.08. The lowest BCUT2D eigenvalue weighted by molar-refractivity contribution is -0.133. The minimum atomic E-state index is -0.642. The molecule has 0 N–H and O–H groups in total. The number of nitrogens with zero attached hydrogens (tertiary/aromatic N) is 1. The highest BCUT2D eigenvalue weighted by Crippen LogP contribution is 2.23. The van der Waals surface area contributed by atoms with Gasteiger partial charge in [-0.3, -0.25) is 14.6 Å². The van der Waals surface area contributed by atoms with Crippen LogP contribution in [0.4, 0.5) is 5.69 Å². The summed E-state index contributed by atoms with van der Waals surface area (Å²) in [6.45, 7) is 1.93. The predicted octanol–water partition coefficient (Wildman–Crippen LogP) is 3.30. The van der Waals surface area contributed by atoms with E-state index < -0.39 is 5.92 Å². The molecule has 3 nitrogen and oxygen atoms in total. The van der Waals surface area contributed by atoms with Gasteiger partial charge in [-0.1, -0.05) is 6.92 Å². The molecule has 1 saturated carbocycles. The third kappa shape index (κ3) is 3.53. The second-order valence-corrected chi connectivity index (χ2v) is 5.78. The standard InChI is InChI=1S/C15H17NO2S/c1-10-7-14(17)13(15(18)8-10)9-16-11-3-5-12(19-2)6-4-11/h3-6,9-10,13H,7-8H2,1-2H3. The van der Waals surface area contributed by atoms with Gasteiger partial charge < -0.3 is 0 Å². The summed E-state index contributed by atoms with van der Waals surface area (Å²) < 4.78 is 0. The van der Waals surface area contributed by atoms with Gasteiger partial charge in [0.25, 0.3) is 0 Å². The van der Waals surface area contributed by atoms with Crippen molar-refractivity contribution in [2.45, 2.75) is 24.7 Å². The minimum Gasteiger partial charge on any atom is -0.298 e. The highest BCUT2D eigenvalue weighted by atomic mass is 32.2.